The molecule has 0 aliphatic carbocycles. The zero-order valence-electron chi connectivity index (χ0n) is 21.8. The molecule has 1 aliphatic heterocycles. The molecule has 4 aromatic carbocycles. The van der Waals surface area contributed by atoms with Crippen molar-refractivity contribution in [2.75, 3.05) is 4.90 Å². The number of ketones is 1. The molecule has 0 bridgehead atoms. The fourth-order valence-corrected chi connectivity index (χ4v) is 7.02. The number of aliphatic hydroxyl groups is 1. The van der Waals surface area contributed by atoms with E-state index in [2.05, 4.69) is 34.5 Å². The summed E-state index contributed by atoms with van der Waals surface area (Å²) in [6.45, 7) is 0. The van der Waals surface area contributed by atoms with Gasteiger partial charge in [0.15, 0.2) is 15.9 Å². The highest BCUT2D eigenvalue weighted by Crippen LogP contribution is 2.44. The van der Waals surface area contributed by atoms with Crippen LogP contribution < -0.4 is 4.90 Å². The summed E-state index contributed by atoms with van der Waals surface area (Å²) in [7, 11) is 0. The highest BCUT2D eigenvalue weighted by atomic mass is 32.2. The third-order valence-corrected chi connectivity index (χ3v) is 9.25. The number of rotatable bonds is 7. The average molecular weight is 592 g/mol. The summed E-state index contributed by atoms with van der Waals surface area (Å²) in [4.78, 5) is 28.6. The molecule has 1 aliphatic rings. The number of nitrogens with zero attached hydrogens (tertiary/aromatic N) is 3. The van der Waals surface area contributed by atoms with Gasteiger partial charge in [0.25, 0.3) is 5.91 Å². The summed E-state index contributed by atoms with van der Waals surface area (Å²) in [6, 6.07) is 28.2. The number of aromatic hydroxyl groups is 1. The third-order valence-electron chi connectivity index (χ3n) is 7.14. The van der Waals surface area contributed by atoms with Gasteiger partial charge in [0.05, 0.1) is 11.6 Å². The Morgan fingerprint density at radius 1 is 0.905 bits per heavy atom. The van der Waals surface area contributed by atoms with Crippen molar-refractivity contribution >= 4 is 61.7 Å². The van der Waals surface area contributed by atoms with Crippen molar-refractivity contribution in [2.24, 2.45) is 0 Å². The topological polar surface area (TPSA) is 117 Å². The van der Waals surface area contributed by atoms with Crippen LogP contribution in [0.5, 0.6) is 5.75 Å². The first-order chi connectivity index (χ1) is 20.5. The number of para-hydroxylation sites is 1. The van der Waals surface area contributed by atoms with Crippen LogP contribution in [0.1, 0.15) is 27.7 Å². The molecule has 42 heavy (non-hydrogen) atoms. The quantitative estimate of drug-likeness (QED) is 0.114. The van der Waals surface area contributed by atoms with Crippen LogP contribution >= 0.6 is 23.1 Å². The summed E-state index contributed by atoms with van der Waals surface area (Å²) in [5, 5.41) is 32.8. The molecule has 10 heteroatoms. The molecule has 0 fully saturated rings. The molecule has 0 spiro atoms. The van der Waals surface area contributed by atoms with Gasteiger partial charge in [-0.05, 0) is 46.2 Å². The number of hydrogen-bond donors (Lipinski definition) is 2. The van der Waals surface area contributed by atoms with E-state index in [1.807, 2.05) is 30.3 Å². The Bertz CT molecular complexity index is 1990. The van der Waals surface area contributed by atoms with Crippen LogP contribution in [0, 0.1) is 0 Å². The van der Waals surface area contributed by atoms with Gasteiger partial charge in [0.1, 0.15) is 11.3 Å². The van der Waals surface area contributed by atoms with Gasteiger partial charge in [-0.25, -0.2) is 0 Å². The summed E-state index contributed by atoms with van der Waals surface area (Å²) < 4.78 is 6.42. The standard InChI is InChI=1S/C32H21N3O5S2/c36-22-14-12-19(13-15-22)27-26(28(37)25-16-20-7-2-4-11-24(20)40-25)29(38)30(39)35(27)31-33-34-32(42-31)41-17-21-9-5-8-18-6-1-3-10-23(18)21/h1-16,27,36,38H,17H2. The number of benzene rings is 4. The summed E-state index contributed by atoms with van der Waals surface area (Å²) in [6.07, 6.45) is 0. The molecule has 1 amide bonds. The van der Waals surface area contributed by atoms with Crippen LogP contribution in [-0.2, 0) is 10.5 Å². The minimum Gasteiger partial charge on any atom is -0.508 e. The predicted molar refractivity (Wildman–Crippen MR) is 162 cm³/mol. The summed E-state index contributed by atoms with van der Waals surface area (Å²) in [5.41, 5.74) is 2.03. The predicted octanol–water partition coefficient (Wildman–Crippen LogP) is 7.22. The van der Waals surface area contributed by atoms with Crippen molar-refractivity contribution in [2.45, 2.75) is 16.1 Å². The van der Waals surface area contributed by atoms with E-state index in [0.29, 0.717) is 21.2 Å². The van der Waals surface area contributed by atoms with E-state index in [1.54, 1.807) is 30.3 Å². The fraction of sp³-hybridized carbons (Fsp3) is 0.0625. The SMILES string of the molecule is O=C(C1=C(O)C(=O)N(c2nnc(SCc3cccc4ccccc34)s2)C1c1ccc(O)cc1)c1cc2ccccc2o1. The average Bonchev–Trinajstić information content (AvgIpc) is 3.73. The number of phenols is 1. The number of Topliss-reactive ketones (excluding diaryl/α,β-unsaturated/α-hetero) is 1. The Balaban J connectivity index is 1.23. The second-order valence-corrected chi connectivity index (χ2v) is 11.9. The molecule has 3 heterocycles. The van der Waals surface area contributed by atoms with Gasteiger partial charge in [0, 0.05) is 11.1 Å². The van der Waals surface area contributed by atoms with E-state index in [-0.39, 0.29) is 22.2 Å². The monoisotopic (exact) mass is 591 g/mol. The number of furan rings is 1. The van der Waals surface area contributed by atoms with Crippen LogP contribution in [-0.4, -0.2) is 32.1 Å². The smallest absolute Gasteiger partial charge is 0.296 e. The lowest BCUT2D eigenvalue weighted by Gasteiger charge is -2.23. The van der Waals surface area contributed by atoms with Crippen molar-refractivity contribution in [3.63, 3.8) is 0 Å². The van der Waals surface area contributed by atoms with Crippen LogP contribution in [0.4, 0.5) is 5.13 Å². The maximum Gasteiger partial charge on any atom is 0.296 e. The molecule has 2 aromatic heterocycles. The highest BCUT2D eigenvalue weighted by Gasteiger charge is 2.46. The largest absolute Gasteiger partial charge is 0.508 e. The van der Waals surface area contributed by atoms with Gasteiger partial charge in [-0.15, -0.1) is 10.2 Å². The van der Waals surface area contributed by atoms with E-state index in [9.17, 15) is 19.8 Å². The van der Waals surface area contributed by atoms with Crippen LogP contribution in [0.15, 0.2) is 117 Å². The molecule has 0 saturated heterocycles. The van der Waals surface area contributed by atoms with Crippen molar-refractivity contribution in [3.8, 4) is 5.75 Å². The van der Waals surface area contributed by atoms with Gasteiger partial charge < -0.3 is 14.6 Å². The fourth-order valence-electron chi connectivity index (χ4n) is 5.15. The molecule has 8 nitrogen and oxygen atoms in total. The lowest BCUT2D eigenvalue weighted by molar-refractivity contribution is -0.117. The molecule has 206 valence electrons. The normalized spacial score (nSPS) is 15.3. The molecule has 0 saturated carbocycles. The first-order valence-electron chi connectivity index (χ1n) is 13.0. The van der Waals surface area contributed by atoms with Gasteiger partial charge in [-0.1, -0.05) is 95.9 Å². The Morgan fingerprint density at radius 2 is 1.64 bits per heavy atom. The third kappa shape index (κ3) is 4.50. The molecule has 2 N–H and O–H groups in total. The molecule has 1 atom stereocenters. The Labute approximate surface area is 247 Å². The maximum absolute atomic E-state index is 13.8. The van der Waals surface area contributed by atoms with E-state index in [1.165, 1.54) is 40.1 Å². The van der Waals surface area contributed by atoms with E-state index in [4.69, 9.17) is 4.42 Å². The maximum atomic E-state index is 13.8. The summed E-state index contributed by atoms with van der Waals surface area (Å²) >= 11 is 2.69. The zero-order valence-corrected chi connectivity index (χ0v) is 23.4. The van der Waals surface area contributed by atoms with Crippen LogP contribution in [0.3, 0.4) is 0 Å². The zero-order chi connectivity index (χ0) is 28.8. The Morgan fingerprint density at radius 3 is 2.45 bits per heavy atom. The summed E-state index contributed by atoms with van der Waals surface area (Å²) in [5.74, 6) is -1.40. The van der Waals surface area contributed by atoms with Gasteiger partial charge in [0.2, 0.25) is 10.9 Å². The number of carbonyl (C=O) groups is 2. The number of hydrogen-bond acceptors (Lipinski definition) is 9. The minimum atomic E-state index is -1.01. The first-order valence-corrected chi connectivity index (χ1v) is 14.8. The Kier molecular flexibility index (Phi) is 6.49. The molecule has 7 rings (SSSR count). The van der Waals surface area contributed by atoms with Crippen molar-refractivity contribution in [1.82, 2.24) is 10.2 Å². The van der Waals surface area contributed by atoms with E-state index in [0.717, 1.165) is 21.7 Å². The number of anilines is 1. The van der Waals surface area contributed by atoms with Crippen LogP contribution in [0.2, 0.25) is 0 Å². The second-order valence-electron chi connectivity index (χ2n) is 9.69. The van der Waals surface area contributed by atoms with Crippen molar-refractivity contribution in [1.29, 1.82) is 0 Å². The van der Waals surface area contributed by atoms with Crippen molar-refractivity contribution < 1.29 is 24.2 Å². The second kappa shape index (κ2) is 10.5. The van der Waals surface area contributed by atoms with Gasteiger partial charge >= 0.3 is 0 Å². The van der Waals surface area contributed by atoms with E-state index < -0.39 is 23.5 Å². The minimum absolute atomic E-state index is 0.000209. The number of phenolic OH excluding ortho intramolecular Hbond substituents is 1. The number of fused-ring (bicyclic) bond motifs is 2. The highest BCUT2D eigenvalue weighted by molar-refractivity contribution is 8.00. The number of amides is 1. The molecule has 6 aromatic rings. The van der Waals surface area contributed by atoms with Crippen LogP contribution in [0.25, 0.3) is 21.7 Å². The molecular weight excluding hydrogens is 571 g/mol. The lowest BCUT2D eigenvalue weighted by Crippen LogP contribution is -2.31. The molecular formula is C32H21N3O5S2. The van der Waals surface area contributed by atoms with Crippen molar-refractivity contribution in [3.05, 3.63) is 125 Å². The number of thioether (sulfide) groups is 1. The van der Waals surface area contributed by atoms with E-state index >= 15 is 0 Å². The number of carbonyl (C=O) groups excluding carboxylic acids is 2. The lowest BCUT2D eigenvalue weighted by atomic mass is 9.95. The number of aliphatic hydroxyl groups excluding tert-OH is 1. The molecule has 0 radical (unpaired) electrons. The van der Waals surface area contributed by atoms with Gasteiger partial charge in [-0.3, -0.25) is 14.5 Å². The Hall–Kier alpha value is -4.93. The molecule has 1 unspecified atom stereocenters. The first kappa shape index (κ1) is 26.0. The van der Waals surface area contributed by atoms with Gasteiger partial charge in [-0.2, -0.15) is 0 Å². The number of aromatic nitrogens is 2.